The Bertz CT molecular complexity index is 844. The van der Waals surface area contributed by atoms with E-state index in [1.54, 1.807) is 0 Å². The quantitative estimate of drug-likeness (QED) is 0.802. The van der Waals surface area contributed by atoms with E-state index in [9.17, 15) is 14.7 Å². The molecule has 1 fully saturated rings. The van der Waals surface area contributed by atoms with Crippen molar-refractivity contribution >= 4 is 12.1 Å². The van der Waals surface area contributed by atoms with E-state index in [0.29, 0.717) is 12.3 Å². The number of rotatable bonds is 6. The van der Waals surface area contributed by atoms with Gasteiger partial charge in [-0.2, -0.15) is 0 Å². The van der Waals surface area contributed by atoms with Crippen molar-refractivity contribution in [1.29, 1.82) is 0 Å². The van der Waals surface area contributed by atoms with E-state index in [0.717, 1.165) is 30.4 Å². The SMILES string of the molecule is CN(C(=O)OCC1c2ccccc2-c2ccccc21)[C@@H](CC1CCC1)C(=O)O. The van der Waals surface area contributed by atoms with Gasteiger partial charge in [-0.15, -0.1) is 0 Å². The minimum Gasteiger partial charge on any atom is -0.480 e. The van der Waals surface area contributed by atoms with Gasteiger partial charge >= 0.3 is 12.1 Å². The van der Waals surface area contributed by atoms with Crippen LogP contribution in [0.1, 0.15) is 42.7 Å². The fourth-order valence-corrected chi connectivity index (χ4v) is 4.29. The van der Waals surface area contributed by atoms with E-state index >= 15 is 0 Å². The highest BCUT2D eigenvalue weighted by Gasteiger charge is 2.34. The molecule has 1 amide bonds. The van der Waals surface area contributed by atoms with Crippen LogP contribution in [-0.2, 0) is 9.53 Å². The van der Waals surface area contributed by atoms with E-state index in [-0.39, 0.29) is 12.5 Å². The number of fused-ring (bicyclic) bond motifs is 3. The summed E-state index contributed by atoms with van der Waals surface area (Å²) in [4.78, 5) is 25.5. The van der Waals surface area contributed by atoms with Crippen LogP contribution in [0, 0.1) is 5.92 Å². The number of carboxylic acid groups (broad SMARTS) is 1. The van der Waals surface area contributed by atoms with Gasteiger partial charge in [0.1, 0.15) is 12.6 Å². The largest absolute Gasteiger partial charge is 0.480 e. The molecular weight excluding hydrogens is 354 g/mol. The Morgan fingerprint density at radius 3 is 2.14 bits per heavy atom. The summed E-state index contributed by atoms with van der Waals surface area (Å²) in [5, 5.41) is 9.55. The lowest BCUT2D eigenvalue weighted by Crippen LogP contribution is -2.44. The Hall–Kier alpha value is -2.82. The maximum Gasteiger partial charge on any atom is 0.410 e. The molecule has 5 heteroatoms. The minimum atomic E-state index is -0.970. The summed E-state index contributed by atoms with van der Waals surface area (Å²) in [6, 6.07) is 15.5. The Kier molecular flexibility index (Phi) is 5.07. The number of carbonyl (C=O) groups is 2. The molecule has 1 atom stereocenters. The first-order chi connectivity index (χ1) is 13.6. The first kappa shape index (κ1) is 18.5. The number of hydrogen-bond acceptors (Lipinski definition) is 3. The molecular formula is C23H25NO4. The highest BCUT2D eigenvalue weighted by molar-refractivity contribution is 5.81. The van der Waals surface area contributed by atoms with Gasteiger partial charge in [0.05, 0.1) is 0 Å². The van der Waals surface area contributed by atoms with Crippen molar-refractivity contribution in [2.24, 2.45) is 5.92 Å². The van der Waals surface area contributed by atoms with Gasteiger partial charge in [-0.1, -0.05) is 67.8 Å². The average molecular weight is 379 g/mol. The molecule has 0 radical (unpaired) electrons. The molecule has 0 saturated heterocycles. The second kappa shape index (κ2) is 7.66. The molecule has 4 rings (SSSR count). The van der Waals surface area contributed by atoms with Gasteiger partial charge in [-0.25, -0.2) is 9.59 Å². The molecule has 0 aliphatic heterocycles. The van der Waals surface area contributed by atoms with Crippen molar-refractivity contribution in [3.8, 4) is 11.1 Å². The second-order valence-corrected chi connectivity index (χ2v) is 7.80. The lowest BCUT2D eigenvalue weighted by Gasteiger charge is -2.32. The van der Waals surface area contributed by atoms with E-state index in [1.165, 1.54) is 23.1 Å². The van der Waals surface area contributed by atoms with Gasteiger partial charge in [0.25, 0.3) is 0 Å². The molecule has 2 aromatic rings. The van der Waals surface area contributed by atoms with Crippen molar-refractivity contribution in [3.05, 3.63) is 59.7 Å². The molecule has 146 valence electrons. The lowest BCUT2D eigenvalue weighted by molar-refractivity contribution is -0.143. The van der Waals surface area contributed by atoms with Gasteiger partial charge < -0.3 is 9.84 Å². The number of carboxylic acids is 1. The molecule has 2 aliphatic carbocycles. The maximum atomic E-state index is 12.6. The van der Waals surface area contributed by atoms with E-state index < -0.39 is 18.1 Å². The molecule has 5 nitrogen and oxygen atoms in total. The standard InChI is InChI=1S/C23H25NO4/c1-24(21(22(25)26)13-15-7-6-8-15)23(27)28-14-20-18-11-4-2-9-16(18)17-10-3-5-12-19(17)20/h2-5,9-12,15,20-21H,6-8,13-14H2,1H3,(H,25,26)/t21-/m0/s1. The molecule has 0 spiro atoms. The number of amides is 1. The average Bonchev–Trinajstić information content (AvgIpc) is 2.98. The summed E-state index contributed by atoms with van der Waals surface area (Å²) in [5.41, 5.74) is 4.62. The van der Waals surface area contributed by atoms with Crippen LogP contribution in [0.2, 0.25) is 0 Å². The summed E-state index contributed by atoms with van der Waals surface area (Å²) in [5.74, 6) is -0.604. The first-order valence-corrected chi connectivity index (χ1v) is 9.87. The van der Waals surface area contributed by atoms with Crippen molar-refractivity contribution in [2.75, 3.05) is 13.7 Å². The maximum absolute atomic E-state index is 12.6. The third kappa shape index (κ3) is 3.37. The number of aliphatic carboxylic acids is 1. The Balaban J connectivity index is 1.46. The smallest absolute Gasteiger partial charge is 0.410 e. The van der Waals surface area contributed by atoms with E-state index in [2.05, 4.69) is 24.3 Å². The minimum absolute atomic E-state index is 0.0281. The summed E-state index contributed by atoms with van der Waals surface area (Å²) in [7, 11) is 1.52. The summed E-state index contributed by atoms with van der Waals surface area (Å²) in [6.07, 6.45) is 3.15. The summed E-state index contributed by atoms with van der Waals surface area (Å²) >= 11 is 0. The van der Waals surface area contributed by atoms with Gasteiger partial charge in [0.2, 0.25) is 0 Å². The van der Waals surface area contributed by atoms with Gasteiger partial charge in [-0.3, -0.25) is 4.90 Å². The second-order valence-electron chi connectivity index (χ2n) is 7.80. The third-order valence-corrected chi connectivity index (χ3v) is 6.16. The van der Waals surface area contributed by atoms with Crippen LogP contribution in [0.5, 0.6) is 0 Å². The van der Waals surface area contributed by atoms with Crippen molar-refractivity contribution in [3.63, 3.8) is 0 Å². The molecule has 0 heterocycles. The van der Waals surface area contributed by atoms with E-state index in [1.807, 2.05) is 24.3 Å². The van der Waals surface area contributed by atoms with Crippen molar-refractivity contribution in [2.45, 2.75) is 37.6 Å². The highest BCUT2D eigenvalue weighted by atomic mass is 16.6. The third-order valence-electron chi connectivity index (χ3n) is 6.16. The number of carbonyl (C=O) groups excluding carboxylic acids is 1. The number of benzene rings is 2. The number of likely N-dealkylation sites (N-methyl/N-ethyl adjacent to an activating group) is 1. The fraction of sp³-hybridized carbons (Fsp3) is 0.391. The molecule has 0 bridgehead atoms. The molecule has 28 heavy (non-hydrogen) atoms. The first-order valence-electron chi connectivity index (χ1n) is 9.87. The Labute approximate surface area is 164 Å². The topological polar surface area (TPSA) is 66.8 Å². The highest BCUT2D eigenvalue weighted by Crippen LogP contribution is 2.44. The molecule has 1 saturated carbocycles. The van der Waals surface area contributed by atoms with Gasteiger partial charge in [-0.05, 0) is 34.6 Å². The zero-order chi connectivity index (χ0) is 19.7. The Morgan fingerprint density at radius 1 is 1.07 bits per heavy atom. The van der Waals surface area contributed by atoms with Crippen LogP contribution in [0.15, 0.2) is 48.5 Å². The fourth-order valence-electron chi connectivity index (χ4n) is 4.29. The van der Waals surface area contributed by atoms with Crippen molar-refractivity contribution in [1.82, 2.24) is 4.90 Å². The molecule has 1 N–H and O–H groups in total. The summed E-state index contributed by atoms with van der Waals surface area (Å²) in [6.45, 7) is 0.201. The van der Waals surface area contributed by atoms with Crippen LogP contribution in [0.4, 0.5) is 4.79 Å². The zero-order valence-electron chi connectivity index (χ0n) is 16.0. The Morgan fingerprint density at radius 2 is 1.64 bits per heavy atom. The normalized spacial score (nSPS) is 16.6. The summed E-state index contributed by atoms with van der Waals surface area (Å²) < 4.78 is 5.59. The van der Waals surface area contributed by atoms with Crippen LogP contribution < -0.4 is 0 Å². The molecule has 0 unspecified atom stereocenters. The van der Waals surface area contributed by atoms with Crippen LogP contribution >= 0.6 is 0 Å². The van der Waals surface area contributed by atoms with Crippen LogP contribution in [0.3, 0.4) is 0 Å². The number of hydrogen-bond donors (Lipinski definition) is 1. The van der Waals surface area contributed by atoms with E-state index in [4.69, 9.17) is 4.74 Å². The monoisotopic (exact) mass is 379 g/mol. The number of ether oxygens (including phenoxy) is 1. The lowest BCUT2D eigenvalue weighted by atomic mass is 9.80. The van der Waals surface area contributed by atoms with Crippen LogP contribution in [-0.4, -0.2) is 41.8 Å². The van der Waals surface area contributed by atoms with Gasteiger partial charge in [0, 0.05) is 13.0 Å². The van der Waals surface area contributed by atoms with Crippen LogP contribution in [0.25, 0.3) is 11.1 Å². The predicted molar refractivity (Wildman–Crippen MR) is 106 cm³/mol. The van der Waals surface area contributed by atoms with Gasteiger partial charge in [0.15, 0.2) is 0 Å². The molecule has 0 aromatic heterocycles. The zero-order valence-corrected chi connectivity index (χ0v) is 16.0. The predicted octanol–water partition coefficient (Wildman–Crippen LogP) is 4.51. The van der Waals surface area contributed by atoms with Crippen molar-refractivity contribution < 1.29 is 19.4 Å². The number of nitrogens with zero attached hydrogens (tertiary/aromatic N) is 1. The molecule has 2 aromatic carbocycles. The molecule has 2 aliphatic rings.